The summed E-state index contributed by atoms with van der Waals surface area (Å²) in [5.41, 5.74) is 2.96. The lowest BCUT2D eigenvalue weighted by Gasteiger charge is -2.00. The van der Waals surface area contributed by atoms with Crippen molar-refractivity contribution in [1.29, 1.82) is 0 Å². The fraction of sp³-hybridized carbons (Fsp3) is 0. The molecule has 1 heterocycles. The summed E-state index contributed by atoms with van der Waals surface area (Å²) >= 11 is 9.64. The second-order valence-electron chi connectivity index (χ2n) is 4.14. The molecule has 0 spiro atoms. The number of H-pyrrole nitrogens is 1. The highest BCUT2D eigenvalue weighted by molar-refractivity contribution is 9.10. The zero-order chi connectivity index (χ0) is 13.2. The van der Waals surface area contributed by atoms with E-state index >= 15 is 0 Å². The number of aromatic amines is 1. The largest absolute Gasteiger partial charge is 0.338 e. The Morgan fingerprint density at radius 2 is 1.89 bits per heavy atom. The number of halogens is 2. The van der Waals surface area contributed by atoms with Crippen molar-refractivity contribution in [3.05, 3.63) is 64.2 Å². The summed E-state index contributed by atoms with van der Waals surface area (Å²) in [7, 11) is 0. The average Bonchev–Trinajstić information content (AvgIpc) is 2.89. The molecule has 94 valence electrons. The van der Waals surface area contributed by atoms with Crippen molar-refractivity contribution >= 4 is 27.5 Å². The van der Waals surface area contributed by atoms with Crippen LogP contribution in [0.3, 0.4) is 0 Å². The van der Waals surface area contributed by atoms with E-state index in [-0.39, 0.29) is 0 Å². The molecule has 0 bridgehead atoms. The monoisotopic (exact) mass is 332 g/mol. The molecule has 0 saturated carbocycles. The Morgan fingerprint density at radius 1 is 1.05 bits per heavy atom. The first-order valence-electron chi connectivity index (χ1n) is 5.80. The fourth-order valence-corrected chi connectivity index (χ4v) is 2.54. The summed E-state index contributed by atoms with van der Waals surface area (Å²) in [6.45, 7) is 0. The van der Waals surface area contributed by atoms with Crippen LogP contribution in [-0.4, -0.2) is 9.97 Å². The van der Waals surface area contributed by atoms with Gasteiger partial charge in [0.2, 0.25) is 0 Å². The zero-order valence-corrected chi connectivity index (χ0v) is 12.2. The molecule has 0 atom stereocenters. The number of hydrogen-bond acceptors (Lipinski definition) is 1. The normalized spacial score (nSPS) is 10.6. The van der Waals surface area contributed by atoms with Gasteiger partial charge in [0.25, 0.3) is 0 Å². The molecule has 4 heteroatoms. The van der Waals surface area contributed by atoms with Crippen LogP contribution < -0.4 is 0 Å². The first-order valence-corrected chi connectivity index (χ1v) is 6.97. The van der Waals surface area contributed by atoms with Gasteiger partial charge in [0.15, 0.2) is 0 Å². The van der Waals surface area contributed by atoms with Crippen molar-refractivity contribution < 1.29 is 0 Å². The van der Waals surface area contributed by atoms with Crippen molar-refractivity contribution in [2.24, 2.45) is 0 Å². The number of imidazole rings is 1. The highest BCUT2D eigenvalue weighted by Crippen LogP contribution is 2.28. The molecule has 3 rings (SSSR count). The lowest BCUT2D eigenvalue weighted by Crippen LogP contribution is -1.82. The highest BCUT2D eigenvalue weighted by Gasteiger charge is 2.08. The van der Waals surface area contributed by atoms with E-state index in [1.54, 1.807) is 0 Å². The highest BCUT2D eigenvalue weighted by atomic mass is 79.9. The minimum absolute atomic E-state index is 0.692. The standard InChI is InChI=1S/C15H10BrClN2/c16-11-5-3-4-10(8-11)14-9-18-15(19-14)12-6-1-2-7-13(12)17/h1-9H,(H,18,19). The number of aromatic nitrogens is 2. The van der Waals surface area contributed by atoms with Crippen molar-refractivity contribution in [1.82, 2.24) is 9.97 Å². The molecule has 1 N–H and O–H groups in total. The van der Waals surface area contributed by atoms with Crippen LogP contribution in [0, 0.1) is 0 Å². The van der Waals surface area contributed by atoms with E-state index < -0.39 is 0 Å². The fourth-order valence-electron chi connectivity index (χ4n) is 1.91. The molecular formula is C15H10BrClN2. The third-order valence-corrected chi connectivity index (χ3v) is 3.66. The van der Waals surface area contributed by atoms with Gasteiger partial charge in [-0.25, -0.2) is 4.98 Å². The van der Waals surface area contributed by atoms with Crippen LogP contribution in [0.5, 0.6) is 0 Å². The first-order chi connectivity index (χ1) is 9.24. The first kappa shape index (κ1) is 12.5. The van der Waals surface area contributed by atoms with Gasteiger partial charge in [-0.15, -0.1) is 0 Å². The summed E-state index contributed by atoms with van der Waals surface area (Å²) in [5.74, 6) is 0.778. The molecule has 0 radical (unpaired) electrons. The van der Waals surface area contributed by atoms with E-state index in [2.05, 4.69) is 25.9 Å². The molecule has 0 unspecified atom stereocenters. The van der Waals surface area contributed by atoms with Crippen molar-refractivity contribution in [2.75, 3.05) is 0 Å². The van der Waals surface area contributed by atoms with Crippen LogP contribution in [0.25, 0.3) is 22.6 Å². The number of nitrogens with one attached hydrogen (secondary N) is 1. The smallest absolute Gasteiger partial charge is 0.139 e. The van der Waals surface area contributed by atoms with E-state index in [1.807, 2.05) is 54.7 Å². The lowest BCUT2D eigenvalue weighted by molar-refractivity contribution is 1.31. The Kier molecular flexibility index (Phi) is 3.40. The van der Waals surface area contributed by atoms with Gasteiger partial charge >= 0.3 is 0 Å². The Bertz CT molecular complexity index is 721. The lowest BCUT2D eigenvalue weighted by atomic mass is 10.2. The van der Waals surface area contributed by atoms with Crippen LogP contribution in [0.2, 0.25) is 5.02 Å². The van der Waals surface area contributed by atoms with Crippen molar-refractivity contribution in [3.63, 3.8) is 0 Å². The summed E-state index contributed by atoms with van der Waals surface area (Å²) in [6, 6.07) is 15.7. The average molecular weight is 334 g/mol. The SMILES string of the molecule is Clc1ccccc1-c1ncc(-c2cccc(Br)c2)[nH]1. The summed E-state index contributed by atoms with van der Waals surface area (Å²) < 4.78 is 1.04. The molecular weight excluding hydrogens is 324 g/mol. The third kappa shape index (κ3) is 2.57. The number of nitrogens with zero attached hydrogens (tertiary/aromatic N) is 1. The Hall–Kier alpha value is -1.58. The Labute approximate surface area is 124 Å². The van der Waals surface area contributed by atoms with Gasteiger partial charge in [-0.2, -0.15) is 0 Å². The second-order valence-corrected chi connectivity index (χ2v) is 5.46. The van der Waals surface area contributed by atoms with E-state index in [9.17, 15) is 0 Å². The van der Waals surface area contributed by atoms with Crippen LogP contribution in [0.1, 0.15) is 0 Å². The van der Waals surface area contributed by atoms with Crippen LogP contribution in [0.15, 0.2) is 59.2 Å². The van der Waals surface area contributed by atoms with Crippen LogP contribution in [0.4, 0.5) is 0 Å². The van der Waals surface area contributed by atoms with Crippen LogP contribution in [-0.2, 0) is 0 Å². The van der Waals surface area contributed by atoms with E-state index in [1.165, 1.54) is 0 Å². The molecule has 0 aliphatic carbocycles. The molecule has 2 aromatic carbocycles. The predicted molar refractivity (Wildman–Crippen MR) is 82.2 cm³/mol. The molecule has 2 nitrogen and oxygen atoms in total. The molecule has 0 saturated heterocycles. The van der Waals surface area contributed by atoms with Crippen LogP contribution >= 0.6 is 27.5 Å². The molecule has 3 aromatic rings. The molecule has 19 heavy (non-hydrogen) atoms. The van der Waals surface area contributed by atoms with E-state index in [4.69, 9.17) is 11.6 Å². The summed E-state index contributed by atoms with van der Waals surface area (Å²) in [6.07, 6.45) is 1.82. The zero-order valence-electron chi connectivity index (χ0n) is 9.90. The predicted octanol–water partition coefficient (Wildman–Crippen LogP) is 5.16. The summed E-state index contributed by atoms with van der Waals surface area (Å²) in [5, 5.41) is 0.692. The van der Waals surface area contributed by atoms with Crippen molar-refractivity contribution in [3.8, 4) is 22.6 Å². The van der Waals surface area contributed by atoms with Gasteiger partial charge in [0.1, 0.15) is 5.82 Å². The molecule has 0 fully saturated rings. The van der Waals surface area contributed by atoms with Gasteiger partial charge in [-0.05, 0) is 24.3 Å². The van der Waals surface area contributed by atoms with Gasteiger partial charge in [0, 0.05) is 15.6 Å². The maximum atomic E-state index is 6.17. The maximum absolute atomic E-state index is 6.17. The molecule has 0 amide bonds. The molecule has 1 aromatic heterocycles. The van der Waals surface area contributed by atoms with Crippen molar-refractivity contribution in [2.45, 2.75) is 0 Å². The molecule has 0 aliphatic heterocycles. The number of benzene rings is 2. The summed E-state index contributed by atoms with van der Waals surface area (Å²) in [4.78, 5) is 7.70. The molecule has 0 aliphatic rings. The Balaban J connectivity index is 2.03. The quantitative estimate of drug-likeness (QED) is 0.689. The second kappa shape index (κ2) is 5.19. The minimum atomic E-state index is 0.692. The van der Waals surface area contributed by atoms with Gasteiger partial charge in [-0.3, -0.25) is 0 Å². The van der Waals surface area contributed by atoms with Gasteiger partial charge in [0.05, 0.1) is 16.9 Å². The minimum Gasteiger partial charge on any atom is -0.338 e. The van der Waals surface area contributed by atoms with E-state index in [0.29, 0.717) is 5.02 Å². The topological polar surface area (TPSA) is 28.7 Å². The third-order valence-electron chi connectivity index (χ3n) is 2.84. The number of hydrogen-bond donors (Lipinski definition) is 1. The Morgan fingerprint density at radius 3 is 2.68 bits per heavy atom. The van der Waals surface area contributed by atoms with E-state index in [0.717, 1.165) is 27.1 Å². The van der Waals surface area contributed by atoms with Gasteiger partial charge in [-0.1, -0.05) is 51.8 Å². The number of rotatable bonds is 2. The maximum Gasteiger partial charge on any atom is 0.139 e. The van der Waals surface area contributed by atoms with Gasteiger partial charge < -0.3 is 4.98 Å².